The Balaban J connectivity index is 2.00. The summed E-state index contributed by atoms with van der Waals surface area (Å²) in [6.45, 7) is -0.481. The van der Waals surface area contributed by atoms with Crippen LogP contribution in [0.3, 0.4) is 0 Å². The van der Waals surface area contributed by atoms with E-state index in [0.717, 1.165) is 4.47 Å². The topological polar surface area (TPSA) is 50.7 Å². The minimum absolute atomic E-state index is 0.313. The third-order valence-corrected chi connectivity index (χ3v) is 3.29. The molecule has 0 aliphatic heterocycles. The van der Waals surface area contributed by atoms with Crippen molar-refractivity contribution in [2.24, 2.45) is 5.10 Å². The first-order valence-electron chi connectivity index (χ1n) is 6.53. The maximum atomic E-state index is 13.4. The molecule has 0 aliphatic rings. The number of rotatable bonds is 5. The standard InChI is InChI=1S/C15H8BrF5N2O2/c16-7-2-1-3-8(4-7)25-6-10(24)23-22-5-9-11(17)13(19)15(21)14(20)12(9)18/h1-5H,6H2,(H,23,24)/b22-5+. The highest BCUT2D eigenvalue weighted by atomic mass is 79.9. The van der Waals surface area contributed by atoms with Crippen molar-refractivity contribution in [1.82, 2.24) is 5.43 Å². The highest BCUT2D eigenvalue weighted by Crippen LogP contribution is 2.21. The first-order chi connectivity index (χ1) is 11.8. The fourth-order valence-electron chi connectivity index (χ4n) is 1.64. The van der Waals surface area contributed by atoms with Gasteiger partial charge in [0.05, 0.1) is 11.8 Å². The van der Waals surface area contributed by atoms with Crippen molar-refractivity contribution < 1.29 is 31.5 Å². The largest absolute Gasteiger partial charge is 0.484 e. The first-order valence-corrected chi connectivity index (χ1v) is 7.32. The third kappa shape index (κ3) is 4.53. The maximum Gasteiger partial charge on any atom is 0.277 e. The minimum atomic E-state index is -2.28. The molecule has 0 unspecified atom stereocenters. The maximum absolute atomic E-state index is 13.4. The Morgan fingerprint density at radius 3 is 2.28 bits per heavy atom. The minimum Gasteiger partial charge on any atom is -0.484 e. The number of nitrogens with one attached hydrogen (secondary N) is 1. The lowest BCUT2D eigenvalue weighted by Crippen LogP contribution is -2.24. The molecule has 1 N–H and O–H groups in total. The van der Waals surface area contributed by atoms with E-state index < -0.39 is 47.2 Å². The predicted octanol–water partition coefficient (Wildman–Crippen LogP) is 3.67. The highest BCUT2D eigenvalue weighted by Gasteiger charge is 2.24. The number of ether oxygens (including phenoxy) is 1. The zero-order chi connectivity index (χ0) is 18.6. The van der Waals surface area contributed by atoms with Gasteiger partial charge in [0.1, 0.15) is 5.75 Å². The molecule has 0 heterocycles. The van der Waals surface area contributed by atoms with Crippen LogP contribution in [0.2, 0.25) is 0 Å². The van der Waals surface area contributed by atoms with Gasteiger partial charge in [0.15, 0.2) is 29.9 Å². The summed E-state index contributed by atoms with van der Waals surface area (Å²) in [6.07, 6.45) is 0.313. The van der Waals surface area contributed by atoms with Gasteiger partial charge in [-0.25, -0.2) is 27.4 Å². The van der Waals surface area contributed by atoms with Crippen LogP contribution < -0.4 is 10.2 Å². The molecule has 0 aromatic heterocycles. The van der Waals surface area contributed by atoms with Gasteiger partial charge in [-0.05, 0) is 18.2 Å². The van der Waals surface area contributed by atoms with Gasteiger partial charge in [0, 0.05) is 4.47 Å². The summed E-state index contributed by atoms with van der Waals surface area (Å²) in [4.78, 5) is 11.5. The summed E-state index contributed by atoms with van der Waals surface area (Å²) in [5.41, 5.74) is 0.572. The molecule has 2 rings (SSSR count). The summed E-state index contributed by atoms with van der Waals surface area (Å²) in [5.74, 6) is -11.0. The molecule has 25 heavy (non-hydrogen) atoms. The van der Waals surface area contributed by atoms with Crippen LogP contribution in [0.25, 0.3) is 0 Å². The zero-order valence-electron chi connectivity index (χ0n) is 12.1. The van der Waals surface area contributed by atoms with Crippen LogP contribution in [-0.2, 0) is 4.79 Å². The molecule has 0 saturated carbocycles. The predicted molar refractivity (Wildman–Crippen MR) is 81.6 cm³/mol. The van der Waals surface area contributed by atoms with E-state index in [1.54, 1.807) is 24.3 Å². The van der Waals surface area contributed by atoms with E-state index in [9.17, 15) is 26.7 Å². The van der Waals surface area contributed by atoms with Crippen molar-refractivity contribution in [3.05, 3.63) is 63.4 Å². The average molecular weight is 423 g/mol. The summed E-state index contributed by atoms with van der Waals surface area (Å²) >= 11 is 3.20. The van der Waals surface area contributed by atoms with Crippen LogP contribution in [0.15, 0.2) is 33.8 Å². The molecule has 132 valence electrons. The summed E-state index contributed by atoms with van der Waals surface area (Å²) in [5, 5.41) is 3.16. The first kappa shape index (κ1) is 18.8. The normalized spacial score (nSPS) is 11.0. The number of nitrogens with zero attached hydrogens (tertiary/aromatic N) is 1. The number of carbonyl (C=O) groups is 1. The molecule has 1 amide bonds. The van der Waals surface area contributed by atoms with Gasteiger partial charge in [-0.2, -0.15) is 5.10 Å². The van der Waals surface area contributed by atoms with Gasteiger partial charge in [-0.3, -0.25) is 4.79 Å². The Morgan fingerprint density at radius 1 is 1.08 bits per heavy atom. The lowest BCUT2D eigenvalue weighted by molar-refractivity contribution is -0.123. The number of amides is 1. The van der Waals surface area contributed by atoms with E-state index in [1.165, 1.54) is 0 Å². The van der Waals surface area contributed by atoms with Crippen molar-refractivity contribution >= 4 is 28.1 Å². The van der Waals surface area contributed by atoms with Crippen molar-refractivity contribution in [2.75, 3.05) is 6.61 Å². The molecule has 0 spiro atoms. The van der Waals surface area contributed by atoms with Crippen molar-refractivity contribution in [3.63, 3.8) is 0 Å². The number of hydrogen-bond donors (Lipinski definition) is 1. The zero-order valence-corrected chi connectivity index (χ0v) is 13.7. The lowest BCUT2D eigenvalue weighted by atomic mass is 10.2. The Kier molecular flexibility index (Phi) is 6.07. The van der Waals surface area contributed by atoms with Crippen molar-refractivity contribution in [3.8, 4) is 5.75 Å². The van der Waals surface area contributed by atoms with Gasteiger partial charge in [0.25, 0.3) is 5.91 Å². The van der Waals surface area contributed by atoms with Gasteiger partial charge >= 0.3 is 0 Å². The number of benzene rings is 2. The molecule has 10 heteroatoms. The van der Waals surface area contributed by atoms with Crippen molar-refractivity contribution in [2.45, 2.75) is 0 Å². The van der Waals surface area contributed by atoms with Gasteiger partial charge in [0.2, 0.25) is 5.82 Å². The molecule has 0 radical (unpaired) electrons. The number of carbonyl (C=O) groups excluding carboxylic acids is 1. The van der Waals surface area contributed by atoms with Crippen LogP contribution in [0.1, 0.15) is 5.56 Å². The Hall–Kier alpha value is -2.49. The molecule has 0 bridgehead atoms. The number of hydrazone groups is 1. The number of hydrogen-bond acceptors (Lipinski definition) is 3. The SMILES string of the molecule is O=C(COc1cccc(Br)c1)N/N=C/c1c(F)c(F)c(F)c(F)c1F. The summed E-state index contributed by atoms with van der Waals surface area (Å²) in [6, 6.07) is 6.57. The quantitative estimate of drug-likeness (QED) is 0.262. The fraction of sp³-hybridized carbons (Fsp3) is 0.0667. The van der Waals surface area contributed by atoms with E-state index >= 15 is 0 Å². The van der Waals surface area contributed by atoms with E-state index in [-0.39, 0.29) is 0 Å². The molecular weight excluding hydrogens is 415 g/mol. The molecular formula is C15H8BrF5N2O2. The smallest absolute Gasteiger partial charge is 0.277 e. The summed E-state index contributed by atoms with van der Waals surface area (Å²) < 4.78 is 71.5. The van der Waals surface area contributed by atoms with Gasteiger partial charge in [-0.15, -0.1) is 0 Å². The lowest BCUT2D eigenvalue weighted by Gasteiger charge is -2.06. The van der Waals surface area contributed by atoms with E-state index in [4.69, 9.17) is 4.74 Å². The van der Waals surface area contributed by atoms with Crippen LogP contribution >= 0.6 is 15.9 Å². The van der Waals surface area contributed by atoms with Gasteiger partial charge < -0.3 is 4.74 Å². The molecule has 4 nitrogen and oxygen atoms in total. The van der Waals surface area contributed by atoms with Crippen LogP contribution in [0, 0.1) is 29.1 Å². The Morgan fingerprint density at radius 2 is 1.68 bits per heavy atom. The molecule has 0 aliphatic carbocycles. The monoisotopic (exact) mass is 422 g/mol. The van der Waals surface area contributed by atoms with E-state index in [1.807, 2.05) is 5.43 Å². The van der Waals surface area contributed by atoms with Crippen LogP contribution in [-0.4, -0.2) is 18.7 Å². The summed E-state index contributed by atoms with van der Waals surface area (Å²) in [7, 11) is 0. The van der Waals surface area contributed by atoms with Crippen LogP contribution in [0.5, 0.6) is 5.75 Å². The van der Waals surface area contributed by atoms with Crippen LogP contribution in [0.4, 0.5) is 22.0 Å². The second-order valence-electron chi connectivity index (χ2n) is 4.52. The Labute approximate surface area is 146 Å². The average Bonchev–Trinajstić information content (AvgIpc) is 2.59. The molecule has 0 fully saturated rings. The van der Waals surface area contributed by atoms with Gasteiger partial charge in [-0.1, -0.05) is 22.0 Å². The van der Waals surface area contributed by atoms with E-state index in [0.29, 0.717) is 12.0 Å². The van der Waals surface area contributed by atoms with Crippen molar-refractivity contribution in [1.29, 1.82) is 0 Å². The molecule has 2 aromatic carbocycles. The second-order valence-corrected chi connectivity index (χ2v) is 5.44. The number of halogens is 6. The fourth-order valence-corrected chi connectivity index (χ4v) is 2.02. The van der Waals surface area contributed by atoms with E-state index in [2.05, 4.69) is 21.0 Å². The molecule has 0 saturated heterocycles. The Bertz CT molecular complexity index is 816. The molecule has 0 atom stereocenters. The second kappa shape index (κ2) is 8.06. The highest BCUT2D eigenvalue weighted by molar-refractivity contribution is 9.10. The molecule has 2 aromatic rings. The third-order valence-electron chi connectivity index (χ3n) is 2.79.